The summed E-state index contributed by atoms with van der Waals surface area (Å²) in [5, 5.41) is 13.4. The summed E-state index contributed by atoms with van der Waals surface area (Å²) in [6.07, 6.45) is 4.06. The van der Waals surface area contributed by atoms with Gasteiger partial charge in [-0.25, -0.2) is 0 Å². The number of nitriles is 1. The van der Waals surface area contributed by atoms with Crippen molar-refractivity contribution in [1.29, 1.82) is 5.26 Å². The van der Waals surface area contributed by atoms with Gasteiger partial charge in [-0.05, 0) is 12.8 Å². The molecule has 1 aromatic heterocycles. The van der Waals surface area contributed by atoms with E-state index in [0.29, 0.717) is 11.0 Å². The molecular formula is C12H16N4O. The molecule has 5 heteroatoms. The van der Waals surface area contributed by atoms with Gasteiger partial charge in [0, 0.05) is 45.0 Å². The molecule has 0 saturated carbocycles. The summed E-state index contributed by atoms with van der Waals surface area (Å²) < 4.78 is 7.11. The minimum absolute atomic E-state index is 0.419. The summed E-state index contributed by atoms with van der Waals surface area (Å²) in [4.78, 5) is 2.21. The van der Waals surface area contributed by atoms with Crippen LogP contribution in [-0.2, 0) is 11.8 Å². The Morgan fingerprint density at radius 1 is 1.41 bits per heavy atom. The van der Waals surface area contributed by atoms with Crippen LogP contribution in [0.3, 0.4) is 0 Å². The van der Waals surface area contributed by atoms with Gasteiger partial charge in [-0.1, -0.05) is 0 Å². The number of anilines is 1. The van der Waals surface area contributed by atoms with Crippen molar-refractivity contribution in [3.05, 3.63) is 11.8 Å². The highest BCUT2D eigenvalue weighted by Crippen LogP contribution is 2.42. The maximum Gasteiger partial charge on any atom is 0.168 e. The second-order valence-electron chi connectivity index (χ2n) is 5.12. The highest BCUT2D eigenvalue weighted by Gasteiger charge is 2.45. The lowest BCUT2D eigenvalue weighted by atomic mass is 9.73. The molecule has 3 heterocycles. The molecule has 1 spiro atoms. The van der Waals surface area contributed by atoms with E-state index in [-0.39, 0.29) is 0 Å². The third-order valence-corrected chi connectivity index (χ3v) is 3.84. The highest BCUT2D eigenvalue weighted by atomic mass is 16.5. The molecule has 0 aliphatic carbocycles. The van der Waals surface area contributed by atoms with E-state index in [1.54, 1.807) is 10.9 Å². The Balaban J connectivity index is 1.74. The first-order valence-corrected chi connectivity index (χ1v) is 5.99. The lowest BCUT2D eigenvalue weighted by Crippen LogP contribution is -2.59. The van der Waals surface area contributed by atoms with Crippen molar-refractivity contribution >= 4 is 5.82 Å². The van der Waals surface area contributed by atoms with E-state index in [1.807, 2.05) is 7.05 Å². The van der Waals surface area contributed by atoms with E-state index in [4.69, 9.17) is 10.00 Å². The zero-order chi connectivity index (χ0) is 11.9. The monoisotopic (exact) mass is 232 g/mol. The molecule has 2 aliphatic heterocycles. The molecule has 0 aromatic carbocycles. The maximum atomic E-state index is 9.05. The van der Waals surface area contributed by atoms with Crippen LogP contribution in [0.1, 0.15) is 18.4 Å². The number of aromatic nitrogens is 2. The third kappa shape index (κ3) is 1.69. The summed E-state index contributed by atoms with van der Waals surface area (Å²) in [7, 11) is 1.86. The fraction of sp³-hybridized carbons (Fsp3) is 0.667. The van der Waals surface area contributed by atoms with Gasteiger partial charge in [0.05, 0.1) is 0 Å². The van der Waals surface area contributed by atoms with Crippen LogP contribution in [-0.4, -0.2) is 36.1 Å². The van der Waals surface area contributed by atoms with Crippen LogP contribution in [0.4, 0.5) is 5.82 Å². The Kier molecular flexibility index (Phi) is 2.33. The fourth-order valence-electron chi connectivity index (χ4n) is 2.82. The molecule has 0 unspecified atom stereocenters. The van der Waals surface area contributed by atoms with Crippen LogP contribution in [0.25, 0.3) is 0 Å². The van der Waals surface area contributed by atoms with Gasteiger partial charge in [-0.15, -0.1) is 0 Å². The first-order chi connectivity index (χ1) is 8.22. The summed E-state index contributed by atoms with van der Waals surface area (Å²) in [5.74, 6) is 0.840. The number of rotatable bonds is 1. The number of ether oxygens (including phenoxy) is 1. The van der Waals surface area contributed by atoms with E-state index >= 15 is 0 Å². The predicted molar refractivity (Wildman–Crippen MR) is 62.6 cm³/mol. The maximum absolute atomic E-state index is 9.05. The van der Waals surface area contributed by atoms with E-state index in [0.717, 1.165) is 45.0 Å². The Labute approximate surface area is 101 Å². The Morgan fingerprint density at radius 2 is 2.12 bits per heavy atom. The van der Waals surface area contributed by atoms with Gasteiger partial charge in [0.2, 0.25) is 0 Å². The van der Waals surface area contributed by atoms with Gasteiger partial charge in [-0.3, -0.25) is 4.68 Å². The second kappa shape index (κ2) is 3.74. The van der Waals surface area contributed by atoms with Gasteiger partial charge >= 0.3 is 0 Å². The van der Waals surface area contributed by atoms with Crippen molar-refractivity contribution in [2.45, 2.75) is 12.8 Å². The zero-order valence-electron chi connectivity index (χ0n) is 10.0. The van der Waals surface area contributed by atoms with Gasteiger partial charge in [-0.2, -0.15) is 10.4 Å². The average Bonchev–Trinajstić information content (AvgIpc) is 2.68. The molecule has 90 valence electrons. The fourth-order valence-corrected chi connectivity index (χ4v) is 2.82. The van der Waals surface area contributed by atoms with E-state index in [2.05, 4.69) is 16.1 Å². The Hall–Kier alpha value is -1.54. The first-order valence-electron chi connectivity index (χ1n) is 5.99. The van der Waals surface area contributed by atoms with Crippen LogP contribution < -0.4 is 4.90 Å². The number of hydrogen-bond donors (Lipinski definition) is 0. The normalized spacial score (nSPS) is 22.2. The summed E-state index contributed by atoms with van der Waals surface area (Å²) in [6, 6.07) is 2.21. The van der Waals surface area contributed by atoms with Crippen LogP contribution in [0.5, 0.6) is 0 Å². The van der Waals surface area contributed by atoms with Gasteiger partial charge in [0.1, 0.15) is 11.6 Å². The quantitative estimate of drug-likeness (QED) is 0.722. The van der Waals surface area contributed by atoms with Gasteiger partial charge < -0.3 is 9.64 Å². The van der Waals surface area contributed by atoms with E-state index in [9.17, 15) is 0 Å². The zero-order valence-corrected chi connectivity index (χ0v) is 10.0. The van der Waals surface area contributed by atoms with Crippen molar-refractivity contribution in [2.24, 2.45) is 12.5 Å². The van der Waals surface area contributed by atoms with Gasteiger partial charge in [0.25, 0.3) is 0 Å². The summed E-state index contributed by atoms with van der Waals surface area (Å²) in [6.45, 7) is 3.78. The minimum atomic E-state index is 0.419. The topological polar surface area (TPSA) is 54.1 Å². The van der Waals surface area contributed by atoms with Crippen molar-refractivity contribution < 1.29 is 4.74 Å². The number of hydrogen-bond acceptors (Lipinski definition) is 4. The van der Waals surface area contributed by atoms with E-state index < -0.39 is 0 Å². The molecule has 0 bridgehead atoms. The van der Waals surface area contributed by atoms with E-state index in [1.165, 1.54) is 0 Å². The largest absolute Gasteiger partial charge is 0.381 e. The third-order valence-electron chi connectivity index (χ3n) is 3.84. The molecule has 2 saturated heterocycles. The molecule has 5 nitrogen and oxygen atoms in total. The lowest BCUT2D eigenvalue weighted by molar-refractivity contribution is -0.000496. The minimum Gasteiger partial charge on any atom is -0.381 e. The number of nitrogens with zero attached hydrogens (tertiary/aromatic N) is 4. The highest BCUT2D eigenvalue weighted by molar-refractivity contribution is 5.55. The van der Waals surface area contributed by atoms with Crippen LogP contribution >= 0.6 is 0 Å². The lowest BCUT2D eigenvalue weighted by Gasteiger charge is -2.52. The molecule has 0 atom stereocenters. The molecule has 17 heavy (non-hydrogen) atoms. The summed E-state index contributed by atoms with van der Waals surface area (Å²) >= 11 is 0. The molecular weight excluding hydrogens is 216 g/mol. The SMILES string of the molecule is Cn1cc(C#N)c(N2CC3(CCOCC3)C2)n1. The molecule has 3 rings (SSSR count). The molecule has 2 aliphatic rings. The van der Waals surface area contributed by atoms with Crippen molar-refractivity contribution in [3.63, 3.8) is 0 Å². The molecule has 1 aromatic rings. The molecule has 0 radical (unpaired) electrons. The number of aryl methyl sites for hydroxylation is 1. The van der Waals surface area contributed by atoms with Crippen LogP contribution in [0, 0.1) is 16.7 Å². The standard InChI is InChI=1S/C12H16N4O/c1-15-7-10(6-13)11(14-15)16-8-12(9-16)2-4-17-5-3-12/h7H,2-5,8-9H2,1H3. The second-order valence-corrected chi connectivity index (χ2v) is 5.12. The average molecular weight is 232 g/mol. The van der Waals surface area contributed by atoms with Crippen molar-refractivity contribution in [1.82, 2.24) is 9.78 Å². The van der Waals surface area contributed by atoms with Gasteiger partial charge in [0.15, 0.2) is 5.82 Å². The smallest absolute Gasteiger partial charge is 0.168 e. The molecule has 0 amide bonds. The first kappa shape index (κ1) is 10.6. The van der Waals surface area contributed by atoms with Crippen molar-refractivity contribution in [3.8, 4) is 6.07 Å². The predicted octanol–water partition coefficient (Wildman–Crippen LogP) is 0.909. The summed E-state index contributed by atoms with van der Waals surface area (Å²) in [5.41, 5.74) is 1.09. The van der Waals surface area contributed by atoms with Crippen molar-refractivity contribution in [2.75, 3.05) is 31.2 Å². The van der Waals surface area contributed by atoms with Crippen LogP contribution in [0.2, 0.25) is 0 Å². The Morgan fingerprint density at radius 3 is 2.76 bits per heavy atom. The molecule has 0 N–H and O–H groups in total. The van der Waals surface area contributed by atoms with Crippen LogP contribution in [0.15, 0.2) is 6.20 Å². The Bertz CT molecular complexity index is 459. The molecule has 2 fully saturated rings.